The molecule has 0 radical (unpaired) electrons. The van der Waals surface area contributed by atoms with E-state index in [0.717, 1.165) is 11.1 Å². The highest BCUT2D eigenvalue weighted by molar-refractivity contribution is 5.50. The van der Waals surface area contributed by atoms with Crippen LogP contribution < -0.4 is 5.73 Å². The molecule has 0 fully saturated rings. The molecule has 2 N–H and O–H groups in total. The van der Waals surface area contributed by atoms with Crippen molar-refractivity contribution in [2.45, 2.75) is 12.5 Å². The van der Waals surface area contributed by atoms with E-state index in [-0.39, 0.29) is 17.3 Å². The van der Waals surface area contributed by atoms with Crippen LogP contribution in [0.5, 0.6) is 0 Å². The molecule has 0 aliphatic heterocycles. The first kappa shape index (κ1) is 13.7. The van der Waals surface area contributed by atoms with Gasteiger partial charge in [0.15, 0.2) is 0 Å². The van der Waals surface area contributed by atoms with Crippen molar-refractivity contribution < 1.29 is 4.92 Å². The third-order valence-electron chi connectivity index (χ3n) is 3.06. The Hall–Kier alpha value is -2.71. The summed E-state index contributed by atoms with van der Waals surface area (Å²) in [4.78, 5) is 10.2. The van der Waals surface area contributed by atoms with Gasteiger partial charge in [-0.25, -0.2) is 0 Å². The lowest BCUT2D eigenvalue weighted by atomic mass is 9.98. The Kier molecular flexibility index (Phi) is 4.08. The van der Waals surface area contributed by atoms with Gasteiger partial charge < -0.3 is 5.73 Å². The maximum atomic E-state index is 10.8. The first-order valence-corrected chi connectivity index (χ1v) is 6.09. The Morgan fingerprint density at radius 2 is 1.95 bits per heavy atom. The smallest absolute Gasteiger partial charge is 0.287 e. The lowest BCUT2D eigenvalue weighted by molar-refractivity contribution is -0.385. The molecule has 2 aromatic rings. The first-order valence-electron chi connectivity index (χ1n) is 6.09. The van der Waals surface area contributed by atoms with Crippen molar-refractivity contribution in [2.24, 2.45) is 5.73 Å². The van der Waals surface area contributed by atoms with Gasteiger partial charge in [-0.3, -0.25) is 10.1 Å². The fourth-order valence-corrected chi connectivity index (χ4v) is 2.03. The minimum absolute atomic E-state index is 0.0627. The first-order chi connectivity index (χ1) is 9.61. The molecular weight excluding hydrogens is 254 g/mol. The largest absolute Gasteiger partial charge is 0.324 e. The van der Waals surface area contributed by atoms with Gasteiger partial charge in [-0.1, -0.05) is 36.4 Å². The molecular formula is C15H13N3O2. The highest BCUT2D eigenvalue weighted by Crippen LogP contribution is 2.22. The number of rotatable bonds is 4. The standard InChI is InChI=1S/C15H13N3O2/c16-10-13-8-11(6-7-15(13)18(19)20)9-14(17)12-4-2-1-3-5-12/h1-8,14H,9,17H2. The summed E-state index contributed by atoms with van der Waals surface area (Å²) in [6.07, 6.45) is 0.524. The number of nitro benzene ring substituents is 1. The summed E-state index contributed by atoms with van der Waals surface area (Å²) < 4.78 is 0. The molecule has 0 aliphatic carbocycles. The summed E-state index contributed by atoms with van der Waals surface area (Å²) >= 11 is 0. The second kappa shape index (κ2) is 5.95. The SMILES string of the molecule is N#Cc1cc(CC(N)c2ccccc2)ccc1[N+](=O)[O-]. The molecule has 0 saturated carbocycles. The summed E-state index contributed by atoms with van der Waals surface area (Å²) in [5, 5.41) is 19.7. The molecule has 0 saturated heterocycles. The minimum atomic E-state index is -0.556. The Labute approximate surface area is 116 Å². The van der Waals surface area contributed by atoms with Crippen molar-refractivity contribution in [3.8, 4) is 6.07 Å². The predicted octanol–water partition coefficient (Wildman–Crippen LogP) is 2.71. The van der Waals surface area contributed by atoms with Crippen LogP contribution in [0.4, 0.5) is 5.69 Å². The highest BCUT2D eigenvalue weighted by Gasteiger charge is 2.15. The Balaban J connectivity index is 2.23. The molecule has 2 aromatic carbocycles. The lowest BCUT2D eigenvalue weighted by Crippen LogP contribution is -2.13. The lowest BCUT2D eigenvalue weighted by Gasteiger charge is -2.12. The van der Waals surface area contributed by atoms with Gasteiger partial charge in [-0.05, 0) is 23.6 Å². The van der Waals surface area contributed by atoms with E-state index in [0.29, 0.717) is 6.42 Å². The van der Waals surface area contributed by atoms with Gasteiger partial charge in [-0.2, -0.15) is 5.26 Å². The van der Waals surface area contributed by atoms with Gasteiger partial charge in [0, 0.05) is 12.1 Å². The summed E-state index contributed by atoms with van der Waals surface area (Å²) in [5.74, 6) is 0. The zero-order valence-electron chi connectivity index (χ0n) is 10.7. The van der Waals surface area contributed by atoms with Crippen molar-refractivity contribution in [1.82, 2.24) is 0 Å². The summed E-state index contributed by atoms with van der Waals surface area (Å²) in [5.41, 5.74) is 7.78. The van der Waals surface area contributed by atoms with Gasteiger partial charge in [-0.15, -0.1) is 0 Å². The van der Waals surface area contributed by atoms with E-state index in [1.54, 1.807) is 6.07 Å². The number of hydrogen-bond donors (Lipinski definition) is 1. The van der Waals surface area contributed by atoms with Crippen LogP contribution >= 0.6 is 0 Å². The second-order valence-corrected chi connectivity index (χ2v) is 4.44. The van der Waals surface area contributed by atoms with Crippen molar-refractivity contribution in [3.05, 3.63) is 75.3 Å². The molecule has 5 heteroatoms. The van der Waals surface area contributed by atoms with Gasteiger partial charge in [0.05, 0.1) is 4.92 Å². The average Bonchev–Trinajstić information content (AvgIpc) is 2.47. The average molecular weight is 267 g/mol. The van der Waals surface area contributed by atoms with Gasteiger partial charge in [0.1, 0.15) is 11.6 Å². The van der Waals surface area contributed by atoms with E-state index in [1.807, 2.05) is 36.4 Å². The molecule has 0 bridgehead atoms. The second-order valence-electron chi connectivity index (χ2n) is 4.44. The fourth-order valence-electron chi connectivity index (χ4n) is 2.03. The predicted molar refractivity (Wildman–Crippen MR) is 74.9 cm³/mol. The quantitative estimate of drug-likeness (QED) is 0.680. The third-order valence-corrected chi connectivity index (χ3v) is 3.06. The number of benzene rings is 2. The maximum absolute atomic E-state index is 10.8. The number of hydrogen-bond acceptors (Lipinski definition) is 4. The molecule has 0 heterocycles. The van der Waals surface area contributed by atoms with Crippen molar-refractivity contribution in [2.75, 3.05) is 0 Å². The number of nitrogens with zero attached hydrogens (tertiary/aromatic N) is 2. The van der Waals surface area contributed by atoms with Crippen LogP contribution in [0, 0.1) is 21.4 Å². The molecule has 1 unspecified atom stereocenters. The molecule has 100 valence electrons. The van der Waals surface area contributed by atoms with Crippen molar-refractivity contribution in [3.63, 3.8) is 0 Å². The Morgan fingerprint density at radius 3 is 2.55 bits per heavy atom. The molecule has 5 nitrogen and oxygen atoms in total. The Bertz CT molecular complexity index is 663. The molecule has 0 spiro atoms. The molecule has 0 aromatic heterocycles. The van der Waals surface area contributed by atoms with Gasteiger partial charge in [0.25, 0.3) is 5.69 Å². The van der Waals surface area contributed by atoms with Crippen LogP contribution in [0.2, 0.25) is 0 Å². The number of nitriles is 1. The van der Waals surface area contributed by atoms with Crippen LogP contribution in [-0.2, 0) is 6.42 Å². The molecule has 20 heavy (non-hydrogen) atoms. The fraction of sp³-hybridized carbons (Fsp3) is 0.133. The van der Waals surface area contributed by atoms with E-state index >= 15 is 0 Å². The van der Waals surface area contributed by atoms with Gasteiger partial charge >= 0.3 is 0 Å². The van der Waals surface area contributed by atoms with E-state index < -0.39 is 4.92 Å². The highest BCUT2D eigenvalue weighted by atomic mass is 16.6. The summed E-state index contributed by atoms with van der Waals surface area (Å²) in [7, 11) is 0. The Morgan fingerprint density at radius 1 is 1.25 bits per heavy atom. The number of nitro groups is 1. The van der Waals surface area contributed by atoms with Crippen molar-refractivity contribution >= 4 is 5.69 Å². The number of nitrogens with two attached hydrogens (primary N) is 1. The summed E-state index contributed by atoms with van der Waals surface area (Å²) in [6.45, 7) is 0. The minimum Gasteiger partial charge on any atom is -0.324 e. The van der Waals surface area contributed by atoms with Crippen LogP contribution in [0.15, 0.2) is 48.5 Å². The zero-order chi connectivity index (χ0) is 14.5. The maximum Gasteiger partial charge on any atom is 0.287 e. The van der Waals surface area contributed by atoms with Crippen LogP contribution in [0.25, 0.3) is 0 Å². The van der Waals surface area contributed by atoms with Crippen LogP contribution in [0.1, 0.15) is 22.7 Å². The van der Waals surface area contributed by atoms with E-state index in [4.69, 9.17) is 11.0 Å². The molecule has 1 atom stereocenters. The van der Waals surface area contributed by atoms with Crippen LogP contribution in [-0.4, -0.2) is 4.92 Å². The van der Waals surface area contributed by atoms with Crippen LogP contribution in [0.3, 0.4) is 0 Å². The monoisotopic (exact) mass is 267 g/mol. The van der Waals surface area contributed by atoms with E-state index in [1.165, 1.54) is 12.1 Å². The topological polar surface area (TPSA) is 93.0 Å². The molecule has 0 amide bonds. The van der Waals surface area contributed by atoms with E-state index in [2.05, 4.69) is 0 Å². The molecule has 2 rings (SSSR count). The van der Waals surface area contributed by atoms with Gasteiger partial charge in [0.2, 0.25) is 0 Å². The van der Waals surface area contributed by atoms with Crippen molar-refractivity contribution in [1.29, 1.82) is 5.26 Å². The molecule has 0 aliphatic rings. The summed E-state index contributed by atoms with van der Waals surface area (Å²) in [6, 6.07) is 15.8. The third kappa shape index (κ3) is 2.99. The normalized spacial score (nSPS) is 11.6. The zero-order valence-corrected chi connectivity index (χ0v) is 10.7. The van der Waals surface area contributed by atoms with E-state index in [9.17, 15) is 10.1 Å².